The van der Waals surface area contributed by atoms with Gasteiger partial charge in [-0.15, -0.1) is 0 Å². The highest BCUT2D eigenvalue weighted by Crippen LogP contribution is 2.21. The molecule has 0 aliphatic carbocycles. The first-order valence-electron chi connectivity index (χ1n) is 5.26. The highest BCUT2D eigenvalue weighted by molar-refractivity contribution is 9.10. The molecule has 1 aromatic heterocycles. The van der Waals surface area contributed by atoms with Crippen LogP contribution in [0.2, 0.25) is 0 Å². The Labute approximate surface area is 102 Å². The zero-order valence-electron chi connectivity index (χ0n) is 8.80. The van der Waals surface area contributed by atoms with Crippen LogP contribution in [0.3, 0.4) is 0 Å². The zero-order valence-corrected chi connectivity index (χ0v) is 10.4. The van der Waals surface area contributed by atoms with Crippen molar-refractivity contribution >= 4 is 21.7 Å². The Morgan fingerprint density at radius 3 is 2.69 bits per heavy atom. The van der Waals surface area contributed by atoms with Gasteiger partial charge in [0.2, 0.25) is 0 Å². The minimum absolute atomic E-state index is 0.110. The minimum atomic E-state index is -0.476. The van der Waals surface area contributed by atoms with Gasteiger partial charge in [0.1, 0.15) is 4.47 Å². The van der Waals surface area contributed by atoms with E-state index in [4.69, 9.17) is 0 Å². The monoisotopic (exact) mass is 288 g/mol. The summed E-state index contributed by atoms with van der Waals surface area (Å²) in [6.07, 6.45) is 4.17. The summed E-state index contributed by atoms with van der Waals surface area (Å²) in [7, 11) is 0. The highest BCUT2D eigenvalue weighted by atomic mass is 79.9. The van der Waals surface area contributed by atoms with Crippen molar-refractivity contribution in [1.29, 1.82) is 0 Å². The Balaban J connectivity index is 1.94. The number of hydrogen-bond acceptors (Lipinski definition) is 4. The summed E-state index contributed by atoms with van der Waals surface area (Å²) in [4.78, 5) is 12.5. The lowest BCUT2D eigenvalue weighted by Crippen LogP contribution is -2.24. The number of hydrogen-bond donors (Lipinski definition) is 0. The molecule has 0 atom stereocenters. The summed E-state index contributed by atoms with van der Waals surface area (Å²) < 4.78 is 2.07. The fourth-order valence-corrected chi connectivity index (χ4v) is 2.34. The molecule has 7 heteroatoms. The van der Waals surface area contributed by atoms with Crippen LogP contribution in [0.1, 0.15) is 12.8 Å². The van der Waals surface area contributed by atoms with Crippen LogP contribution in [0.15, 0.2) is 10.7 Å². The number of likely N-dealkylation sites (tertiary alicyclic amines) is 1. The standard InChI is InChI=1S/C9H13BrN4O2/c10-8-7-13(11-9(8)14(15)16)6-5-12-3-1-2-4-12/h7H,1-6H2. The van der Waals surface area contributed by atoms with Gasteiger partial charge in [0, 0.05) is 6.54 Å². The molecule has 0 radical (unpaired) electrons. The van der Waals surface area contributed by atoms with Gasteiger partial charge in [-0.1, -0.05) is 0 Å². The maximum Gasteiger partial charge on any atom is 0.404 e. The predicted molar refractivity (Wildman–Crippen MR) is 62.3 cm³/mol. The van der Waals surface area contributed by atoms with Crippen LogP contribution in [0.25, 0.3) is 0 Å². The number of halogens is 1. The Hall–Kier alpha value is -0.950. The van der Waals surface area contributed by atoms with Gasteiger partial charge in [-0.3, -0.25) is 0 Å². The smallest absolute Gasteiger partial charge is 0.358 e. The molecule has 1 aliphatic rings. The molecular weight excluding hydrogens is 276 g/mol. The van der Waals surface area contributed by atoms with Gasteiger partial charge < -0.3 is 15.0 Å². The van der Waals surface area contributed by atoms with Crippen LogP contribution in [0.4, 0.5) is 5.82 Å². The molecule has 0 aromatic carbocycles. The lowest BCUT2D eigenvalue weighted by atomic mass is 10.4. The van der Waals surface area contributed by atoms with Crippen LogP contribution in [-0.2, 0) is 6.54 Å². The molecule has 1 aromatic rings. The van der Waals surface area contributed by atoms with Gasteiger partial charge in [-0.25, -0.2) is 0 Å². The van der Waals surface area contributed by atoms with E-state index in [2.05, 4.69) is 25.9 Å². The molecule has 0 unspecified atom stereocenters. The summed E-state index contributed by atoms with van der Waals surface area (Å²) in [6.45, 7) is 3.87. The summed E-state index contributed by atoms with van der Waals surface area (Å²) in [5.74, 6) is -0.110. The van der Waals surface area contributed by atoms with Gasteiger partial charge >= 0.3 is 5.82 Å². The van der Waals surface area contributed by atoms with Crippen molar-refractivity contribution in [1.82, 2.24) is 14.7 Å². The second kappa shape index (κ2) is 4.92. The number of nitro groups is 1. The molecule has 1 saturated heterocycles. The van der Waals surface area contributed by atoms with E-state index in [9.17, 15) is 10.1 Å². The van der Waals surface area contributed by atoms with Crippen LogP contribution >= 0.6 is 15.9 Å². The third-order valence-corrected chi connectivity index (χ3v) is 3.28. The second-order valence-electron chi connectivity index (χ2n) is 3.87. The first-order valence-corrected chi connectivity index (χ1v) is 6.06. The van der Waals surface area contributed by atoms with Gasteiger partial charge in [0.05, 0.1) is 17.8 Å². The van der Waals surface area contributed by atoms with Gasteiger partial charge in [0.15, 0.2) is 0 Å². The van der Waals surface area contributed by atoms with Gasteiger partial charge in [-0.05, 0) is 46.8 Å². The molecule has 0 saturated carbocycles. The third-order valence-electron chi connectivity index (χ3n) is 2.72. The Morgan fingerprint density at radius 2 is 2.12 bits per heavy atom. The van der Waals surface area contributed by atoms with E-state index in [0.29, 0.717) is 11.0 Å². The minimum Gasteiger partial charge on any atom is -0.358 e. The van der Waals surface area contributed by atoms with Crippen LogP contribution in [0, 0.1) is 10.1 Å². The van der Waals surface area contributed by atoms with Crippen LogP contribution in [0.5, 0.6) is 0 Å². The molecular formula is C9H13BrN4O2. The van der Waals surface area contributed by atoms with E-state index in [1.807, 2.05) is 0 Å². The molecule has 88 valence electrons. The van der Waals surface area contributed by atoms with E-state index in [-0.39, 0.29) is 5.82 Å². The second-order valence-corrected chi connectivity index (χ2v) is 4.72. The zero-order chi connectivity index (χ0) is 11.5. The van der Waals surface area contributed by atoms with Crippen molar-refractivity contribution in [2.75, 3.05) is 19.6 Å². The number of rotatable bonds is 4. The molecule has 0 bridgehead atoms. The molecule has 2 rings (SSSR count). The summed E-state index contributed by atoms with van der Waals surface area (Å²) >= 11 is 3.13. The molecule has 6 nitrogen and oxygen atoms in total. The lowest BCUT2D eigenvalue weighted by molar-refractivity contribution is -0.390. The van der Waals surface area contributed by atoms with Crippen molar-refractivity contribution in [2.45, 2.75) is 19.4 Å². The first kappa shape index (κ1) is 11.5. The molecule has 0 amide bonds. The van der Waals surface area contributed by atoms with Crippen LogP contribution < -0.4 is 0 Å². The Kier molecular flexibility index (Phi) is 3.55. The van der Waals surface area contributed by atoms with Crippen molar-refractivity contribution in [2.24, 2.45) is 0 Å². The first-order chi connectivity index (χ1) is 7.66. The van der Waals surface area contributed by atoms with Crippen LogP contribution in [-0.4, -0.2) is 39.2 Å². The maximum absolute atomic E-state index is 10.6. The largest absolute Gasteiger partial charge is 0.404 e. The fraction of sp³-hybridized carbons (Fsp3) is 0.667. The summed E-state index contributed by atoms with van der Waals surface area (Å²) in [5.41, 5.74) is 0. The number of aromatic nitrogens is 2. The SMILES string of the molecule is O=[N+]([O-])c1nn(CCN2CCCC2)cc1Br. The van der Waals surface area contributed by atoms with E-state index >= 15 is 0 Å². The van der Waals surface area contributed by atoms with Gasteiger partial charge in [-0.2, -0.15) is 4.68 Å². The average Bonchev–Trinajstić information content (AvgIpc) is 2.83. The van der Waals surface area contributed by atoms with Crippen molar-refractivity contribution in [3.05, 3.63) is 20.8 Å². The van der Waals surface area contributed by atoms with Crippen molar-refractivity contribution < 1.29 is 4.92 Å². The predicted octanol–water partition coefficient (Wildman–Crippen LogP) is 1.65. The fourth-order valence-electron chi connectivity index (χ4n) is 1.88. The summed E-state index contributed by atoms with van der Waals surface area (Å²) in [6, 6.07) is 0. The molecule has 0 N–H and O–H groups in total. The number of nitrogens with zero attached hydrogens (tertiary/aromatic N) is 4. The highest BCUT2D eigenvalue weighted by Gasteiger charge is 2.19. The third kappa shape index (κ3) is 2.59. The molecule has 16 heavy (non-hydrogen) atoms. The van der Waals surface area contributed by atoms with E-state index in [1.54, 1.807) is 10.9 Å². The van der Waals surface area contributed by atoms with Gasteiger partial charge in [0.25, 0.3) is 0 Å². The average molecular weight is 289 g/mol. The molecule has 1 aliphatic heterocycles. The molecule has 0 spiro atoms. The van der Waals surface area contributed by atoms with E-state index in [1.165, 1.54) is 12.8 Å². The summed E-state index contributed by atoms with van der Waals surface area (Å²) in [5, 5.41) is 14.5. The normalized spacial score (nSPS) is 16.8. The molecule has 1 fully saturated rings. The maximum atomic E-state index is 10.6. The van der Waals surface area contributed by atoms with E-state index < -0.39 is 4.92 Å². The Bertz CT molecular complexity index is 387. The van der Waals surface area contributed by atoms with E-state index in [0.717, 1.165) is 19.6 Å². The molecule has 2 heterocycles. The van der Waals surface area contributed by atoms with Crippen molar-refractivity contribution in [3.8, 4) is 0 Å². The van der Waals surface area contributed by atoms with Crippen molar-refractivity contribution in [3.63, 3.8) is 0 Å². The Morgan fingerprint density at radius 1 is 1.44 bits per heavy atom. The quantitative estimate of drug-likeness (QED) is 0.624. The lowest BCUT2D eigenvalue weighted by Gasteiger charge is -2.12. The topological polar surface area (TPSA) is 64.2 Å².